The minimum Gasteiger partial charge on any atom is -0.504 e. The highest BCUT2D eigenvalue weighted by Gasteiger charge is 2.52. The van der Waals surface area contributed by atoms with Gasteiger partial charge in [0.1, 0.15) is 12.3 Å². The molecule has 4 unspecified atom stereocenters. The van der Waals surface area contributed by atoms with Gasteiger partial charge in [-0.3, -0.25) is 9.59 Å². The van der Waals surface area contributed by atoms with E-state index in [9.17, 15) is 19.1 Å². The third-order valence-corrected chi connectivity index (χ3v) is 5.94. The number of rotatable bonds is 5. The van der Waals surface area contributed by atoms with Gasteiger partial charge in [0.15, 0.2) is 23.0 Å². The second-order valence-electron chi connectivity index (χ2n) is 7.61. The molecule has 1 saturated carbocycles. The van der Waals surface area contributed by atoms with E-state index in [0.717, 1.165) is 0 Å². The summed E-state index contributed by atoms with van der Waals surface area (Å²) in [5, 5.41) is 9.93. The number of hydrogen-bond donors (Lipinski definition) is 1. The Morgan fingerprint density at radius 1 is 1.28 bits per heavy atom. The van der Waals surface area contributed by atoms with Gasteiger partial charge < -0.3 is 24.2 Å². The van der Waals surface area contributed by atoms with Gasteiger partial charge in [0.25, 0.3) is 5.91 Å². The number of methoxy groups -OCH3 is 2. The van der Waals surface area contributed by atoms with Gasteiger partial charge in [0, 0.05) is 13.7 Å². The first kappa shape index (κ1) is 19.7. The molecule has 7 nitrogen and oxygen atoms in total. The maximum atomic E-state index is 14.0. The first-order valence-electron chi connectivity index (χ1n) is 9.72. The number of ether oxygens (including phenoxy) is 3. The van der Waals surface area contributed by atoms with Crippen molar-refractivity contribution in [1.29, 1.82) is 0 Å². The minimum atomic E-state index is -1.04. The lowest BCUT2D eigenvalue weighted by atomic mass is 9.77. The normalized spacial score (nSPS) is 28.9. The van der Waals surface area contributed by atoms with Gasteiger partial charge in [-0.1, -0.05) is 6.07 Å². The van der Waals surface area contributed by atoms with E-state index in [1.807, 2.05) is 0 Å². The van der Waals surface area contributed by atoms with E-state index in [1.165, 1.54) is 25.2 Å². The number of carbonyl (C=O) groups is 2. The highest BCUT2D eigenvalue weighted by Crippen LogP contribution is 2.47. The molecule has 1 aromatic rings. The largest absolute Gasteiger partial charge is 0.504 e. The van der Waals surface area contributed by atoms with Gasteiger partial charge in [0.2, 0.25) is 0 Å². The van der Waals surface area contributed by atoms with Crippen LogP contribution in [0.5, 0.6) is 11.5 Å². The summed E-state index contributed by atoms with van der Waals surface area (Å²) in [6, 6.07) is 4.00. The topological polar surface area (TPSA) is 85.3 Å². The summed E-state index contributed by atoms with van der Waals surface area (Å²) in [4.78, 5) is 28.0. The summed E-state index contributed by atoms with van der Waals surface area (Å²) in [6.45, 7) is 0.541. The number of aromatic hydroxyl groups is 1. The number of hydrogen-bond acceptors (Lipinski definition) is 6. The van der Waals surface area contributed by atoms with Crippen molar-refractivity contribution in [3.05, 3.63) is 35.1 Å². The zero-order valence-corrected chi connectivity index (χ0v) is 16.4. The SMILES string of the molecule is COCCN1C(=O)C2=C(C(=O)C3CC(F)CCC3O2)C1c1ccc(O)c(OC)c1. The third kappa shape index (κ3) is 3.25. The highest BCUT2D eigenvalue weighted by molar-refractivity contribution is 6.11. The number of phenolic OH excluding ortho intramolecular Hbond substituents is 1. The summed E-state index contributed by atoms with van der Waals surface area (Å²) in [5.74, 6) is -0.945. The minimum absolute atomic E-state index is 0.0444. The van der Waals surface area contributed by atoms with Gasteiger partial charge in [0.05, 0.1) is 31.2 Å². The molecule has 4 rings (SSSR count). The van der Waals surface area contributed by atoms with E-state index in [1.54, 1.807) is 12.1 Å². The van der Waals surface area contributed by atoms with Gasteiger partial charge in [-0.15, -0.1) is 0 Å². The molecule has 1 fully saturated rings. The number of carbonyl (C=O) groups excluding carboxylic acids is 2. The zero-order chi connectivity index (χ0) is 20.7. The van der Waals surface area contributed by atoms with Gasteiger partial charge in [-0.25, -0.2) is 4.39 Å². The molecule has 1 aliphatic carbocycles. The Hall–Kier alpha value is -2.61. The molecular weight excluding hydrogens is 381 g/mol. The van der Waals surface area contributed by atoms with Crippen molar-refractivity contribution in [3.8, 4) is 11.5 Å². The first-order valence-corrected chi connectivity index (χ1v) is 9.72. The lowest BCUT2D eigenvalue weighted by molar-refractivity contribution is -0.136. The molecule has 0 bridgehead atoms. The number of phenols is 1. The van der Waals surface area contributed by atoms with Crippen LogP contribution in [0.1, 0.15) is 30.9 Å². The van der Waals surface area contributed by atoms with Crippen LogP contribution in [0.2, 0.25) is 0 Å². The monoisotopic (exact) mass is 405 g/mol. The number of halogens is 1. The Labute approximate surface area is 168 Å². The van der Waals surface area contributed by atoms with E-state index in [-0.39, 0.29) is 54.1 Å². The standard InChI is InChI=1S/C21H24FNO6/c1-27-8-7-23-18(11-3-5-14(24)16(9-11)28-2)17-19(25)13-10-12(22)4-6-15(13)29-20(17)21(23)26/h3,5,9,12-13,15,18,24H,4,6-8,10H2,1-2H3. The third-order valence-electron chi connectivity index (χ3n) is 5.94. The van der Waals surface area contributed by atoms with Crippen molar-refractivity contribution in [3.63, 3.8) is 0 Å². The van der Waals surface area contributed by atoms with Crippen LogP contribution in [0.4, 0.5) is 4.39 Å². The second kappa shape index (κ2) is 7.67. The lowest BCUT2D eigenvalue weighted by Crippen LogP contribution is -2.42. The molecule has 29 heavy (non-hydrogen) atoms. The van der Waals surface area contributed by atoms with Crippen LogP contribution in [0.15, 0.2) is 29.5 Å². The predicted octanol–water partition coefficient (Wildman–Crippen LogP) is 2.29. The Morgan fingerprint density at radius 3 is 2.79 bits per heavy atom. The van der Waals surface area contributed by atoms with Crippen LogP contribution in [-0.2, 0) is 19.1 Å². The van der Waals surface area contributed by atoms with E-state index >= 15 is 0 Å². The first-order chi connectivity index (χ1) is 14.0. The zero-order valence-electron chi connectivity index (χ0n) is 16.4. The average Bonchev–Trinajstić information content (AvgIpc) is 2.99. The van der Waals surface area contributed by atoms with Crippen molar-refractivity contribution < 1.29 is 33.3 Å². The van der Waals surface area contributed by atoms with Crippen LogP contribution < -0.4 is 4.74 Å². The molecule has 8 heteroatoms. The van der Waals surface area contributed by atoms with Crippen LogP contribution in [-0.4, -0.2) is 61.3 Å². The Morgan fingerprint density at radius 2 is 2.07 bits per heavy atom. The van der Waals surface area contributed by atoms with Crippen molar-refractivity contribution >= 4 is 11.7 Å². The van der Waals surface area contributed by atoms with Crippen molar-refractivity contribution in [2.24, 2.45) is 5.92 Å². The summed E-state index contributed by atoms with van der Waals surface area (Å²) in [6.07, 6.45) is -0.651. The van der Waals surface area contributed by atoms with Crippen molar-refractivity contribution in [2.45, 2.75) is 37.6 Å². The van der Waals surface area contributed by atoms with Gasteiger partial charge in [-0.2, -0.15) is 0 Å². The summed E-state index contributed by atoms with van der Waals surface area (Å²) in [7, 11) is 2.96. The number of fused-ring (bicyclic) bond motifs is 1. The molecule has 0 saturated heterocycles. The number of Topliss-reactive ketones (excluding diaryl/α,β-unsaturated/α-hetero) is 1. The fraction of sp³-hybridized carbons (Fsp3) is 0.524. The van der Waals surface area contributed by atoms with Crippen molar-refractivity contribution in [2.75, 3.05) is 27.4 Å². The van der Waals surface area contributed by atoms with E-state index in [0.29, 0.717) is 18.4 Å². The molecule has 1 aromatic carbocycles. The summed E-state index contributed by atoms with van der Waals surface area (Å²) >= 11 is 0. The average molecular weight is 405 g/mol. The van der Waals surface area contributed by atoms with Gasteiger partial charge in [-0.05, 0) is 37.0 Å². The van der Waals surface area contributed by atoms with Crippen LogP contribution >= 0.6 is 0 Å². The van der Waals surface area contributed by atoms with Crippen LogP contribution in [0.3, 0.4) is 0 Å². The van der Waals surface area contributed by atoms with E-state index in [4.69, 9.17) is 14.2 Å². The molecule has 0 aromatic heterocycles. The molecule has 2 heterocycles. The summed E-state index contributed by atoms with van der Waals surface area (Å²) in [5.41, 5.74) is 0.867. The van der Waals surface area contributed by atoms with Crippen molar-refractivity contribution in [1.82, 2.24) is 4.90 Å². The maximum Gasteiger partial charge on any atom is 0.290 e. The Balaban J connectivity index is 1.78. The van der Waals surface area contributed by atoms with E-state index in [2.05, 4.69) is 0 Å². The molecule has 1 N–H and O–H groups in total. The Kier molecular flexibility index (Phi) is 5.21. The molecule has 1 amide bonds. The number of amides is 1. The van der Waals surface area contributed by atoms with Crippen LogP contribution in [0, 0.1) is 5.92 Å². The predicted molar refractivity (Wildman–Crippen MR) is 100 cm³/mol. The lowest BCUT2D eigenvalue weighted by Gasteiger charge is -2.36. The number of benzene rings is 1. The number of alkyl halides is 1. The highest BCUT2D eigenvalue weighted by atomic mass is 19.1. The Bertz CT molecular complexity index is 869. The molecule has 3 aliphatic rings. The fourth-order valence-electron chi connectivity index (χ4n) is 4.49. The fourth-order valence-corrected chi connectivity index (χ4v) is 4.49. The molecule has 0 radical (unpaired) electrons. The smallest absolute Gasteiger partial charge is 0.290 e. The molecule has 0 spiro atoms. The number of ketones is 1. The molecule has 4 atom stereocenters. The summed E-state index contributed by atoms with van der Waals surface area (Å²) < 4.78 is 30.3. The molecule has 156 valence electrons. The number of nitrogens with zero attached hydrogens (tertiary/aromatic N) is 1. The molecule has 2 aliphatic heterocycles. The quantitative estimate of drug-likeness (QED) is 0.809. The van der Waals surface area contributed by atoms with Gasteiger partial charge >= 0.3 is 0 Å². The molecular formula is C21H24FNO6. The maximum absolute atomic E-state index is 14.0. The van der Waals surface area contributed by atoms with E-state index < -0.39 is 24.2 Å². The second-order valence-corrected chi connectivity index (χ2v) is 7.61. The van der Waals surface area contributed by atoms with Crippen LogP contribution in [0.25, 0.3) is 0 Å².